The number of hydrogen-bond donors (Lipinski definition) is 2. The summed E-state index contributed by atoms with van der Waals surface area (Å²) < 4.78 is 0. The second-order valence-electron chi connectivity index (χ2n) is 4.96. The van der Waals surface area contributed by atoms with E-state index in [0.29, 0.717) is 6.42 Å². The Morgan fingerprint density at radius 2 is 1.80 bits per heavy atom. The number of aromatic amines is 1. The van der Waals surface area contributed by atoms with Crippen molar-refractivity contribution in [1.29, 1.82) is 0 Å². The minimum Gasteiger partial charge on any atom is -0.508 e. The van der Waals surface area contributed by atoms with Crippen LogP contribution in [0.3, 0.4) is 0 Å². The Hall–Kier alpha value is -2.56. The van der Waals surface area contributed by atoms with Gasteiger partial charge in [0.2, 0.25) is 0 Å². The molecule has 0 aliphatic carbocycles. The molecule has 1 aromatic carbocycles. The average molecular weight is 268 g/mol. The second kappa shape index (κ2) is 4.85. The Labute approximate surface area is 116 Å². The number of aromatic hydroxyl groups is 1. The van der Waals surface area contributed by atoms with Gasteiger partial charge in [0.1, 0.15) is 17.4 Å². The molecule has 0 bridgehead atoms. The summed E-state index contributed by atoms with van der Waals surface area (Å²) in [7, 11) is 3.91. The van der Waals surface area contributed by atoms with E-state index in [1.807, 2.05) is 43.3 Å². The summed E-state index contributed by atoms with van der Waals surface area (Å²) in [5.41, 5.74) is 2.75. The molecule has 0 saturated carbocycles. The molecule has 3 rings (SSSR count). The smallest absolute Gasteiger partial charge is 0.179 e. The Balaban J connectivity index is 1.90. The van der Waals surface area contributed by atoms with Gasteiger partial charge in [0, 0.05) is 20.5 Å². The van der Waals surface area contributed by atoms with Crippen LogP contribution in [0.15, 0.2) is 36.4 Å². The summed E-state index contributed by atoms with van der Waals surface area (Å²) in [4.78, 5) is 14.2. The largest absolute Gasteiger partial charge is 0.508 e. The van der Waals surface area contributed by atoms with Crippen LogP contribution in [0.1, 0.15) is 11.4 Å². The SMILES string of the molecule is CN(C)c1ccc2[nH]c(Cc3ccc(O)cc3)nc2n1. The molecule has 0 aliphatic rings. The molecule has 0 amide bonds. The molecular weight excluding hydrogens is 252 g/mol. The summed E-state index contributed by atoms with van der Waals surface area (Å²) in [6, 6.07) is 11.1. The molecular formula is C15H16N4O. The molecule has 0 atom stereocenters. The van der Waals surface area contributed by atoms with Crippen LogP contribution in [-0.4, -0.2) is 34.2 Å². The highest BCUT2D eigenvalue weighted by molar-refractivity contribution is 5.73. The van der Waals surface area contributed by atoms with E-state index >= 15 is 0 Å². The number of rotatable bonds is 3. The fourth-order valence-corrected chi connectivity index (χ4v) is 2.07. The molecule has 0 aliphatic heterocycles. The number of nitrogens with one attached hydrogen (secondary N) is 1. The van der Waals surface area contributed by atoms with E-state index in [0.717, 1.165) is 28.4 Å². The van der Waals surface area contributed by atoms with Crippen LogP contribution in [0, 0.1) is 0 Å². The number of phenols is 1. The zero-order chi connectivity index (χ0) is 14.1. The zero-order valence-electron chi connectivity index (χ0n) is 11.5. The molecule has 0 saturated heterocycles. The maximum absolute atomic E-state index is 9.28. The summed E-state index contributed by atoms with van der Waals surface area (Å²) in [6.07, 6.45) is 0.688. The lowest BCUT2D eigenvalue weighted by Crippen LogP contribution is -2.10. The Kier molecular flexibility index (Phi) is 3.02. The fraction of sp³-hybridized carbons (Fsp3) is 0.200. The standard InChI is InChI=1S/C15H16N4O/c1-19(2)14-8-7-12-15(18-14)17-13(16-12)9-10-3-5-11(20)6-4-10/h3-8,20H,9H2,1-2H3,(H,16,17,18). The number of fused-ring (bicyclic) bond motifs is 1. The predicted molar refractivity (Wildman–Crippen MR) is 79.1 cm³/mol. The van der Waals surface area contributed by atoms with Gasteiger partial charge in [-0.05, 0) is 29.8 Å². The van der Waals surface area contributed by atoms with Crippen molar-refractivity contribution in [2.75, 3.05) is 19.0 Å². The van der Waals surface area contributed by atoms with Crippen molar-refractivity contribution in [3.8, 4) is 5.75 Å². The van der Waals surface area contributed by atoms with Crippen molar-refractivity contribution < 1.29 is 5.11 Å². The van der Waals surface area contributed by atoms with Gasteiger partial charge < -0.3 is 15.0 Å². The first-order valence-electron chi connectivity index (χ1n) is 6.43. The van der Waals surface area contributed by atoms with E-state index in [1.54, 1.807) is 12.1 Å². The number of pyridine rings is 1. The van der Waals surface area contributed by atoms with Crippen molar-refractivity contribution in [3.05, 3.63) is 47.8 Å². The van der Waals surface area contributed by atoms with Gasteiger partial charge in [-0.15, -0.1) is 0 Å². The first-order valence-corrected chi connectivity index (χ1v) is 6.43. The Morgan fingerprint density at radius 3 is 2.50 bits per heavy atom. The van der Waals surface area contributed by atoms with Crippen LogP contribution >= 0.6 is 0 Å². The lowest BCUT2D eigenvalue weighted by Gasteiger charge is -2.09. The number of aromatic nitrogens is 3. The quantitative estimate of drug-likeness (QED) is 0.765. The van der Waals surface area contributed by atoms with Crippen LogP contribution in [0.25, 0.3) is 11.2 Å². The van der Waals surface area contributed by atoms with Gasteiger partial charge in [0.15, 0.2) is 5.65 Å². The van der Waals surface area contributed by atoms with Crippen molar-refractivity contribution in [2.45, 2.75) is 6.42 Å². The number of imidazole rings is 1. The number of nitrogens with zero attached hydrogens (tertiary/aromatic N) is 3. The molecule has 20 heavy (non-hydrogen) atoms. The van der Waals surface area contributed by atoms with Gasteiger partial charge in [0.25, 0.3) is 0 Å². The van der Waals surface area contributed by atoms with E-state index < -0.39 is 0 Å². The molecule has 0 spiro atoms. The van der Waals surface area contributed by atoms with Crippen molar-refractivity contribution >= 4 is 17.0 Å². The van der Waals surface area contributed by atoms with Gasteiger partial charge in [-0.1, -0.05) is 12.1 Å². The molecule has 2 N–H and O–H groups in total. The second-order valence-corrected chi connectivity index (χ2v) is 4.96. The van der Waals surface area contributed by atoms with Crippen LogP contribution in [0.4, 0.5) is 5.82 Å². The molecule has 2 aromatic heterocycles. The maximum atomic E-state index is 9.28. The number of H-pyrrole nitrogens is 1. The highest BCUT2D eigenvalue weighted by Crippen LogP contribution is 2.17. The summed E-state index contributed by atoms with van der Waals surface area (Å²) in [6.45, 7) is 0. The lowest BCUT2D eigenvalue weighted by molar-refractivity contribution is 0.475. The minimum absolute atomic E-state index is 0.274. The molecule has 0 radical (unpaired) electrons. The van der Waals surface area contributed by atoms with Crippen LogP contribution in [-0.2, 0) is 6.42 Å². The molecule has 0 fully saturated rings. The van der Waals surface area contributed by atoms with E-state index in [9.17, 15) is 5.11 Å². The molecule has 5 nitrogen and oxygen atoms in total. The molecule has 102 valence electrons. The highest BCUT2D eigenvalue weighted by Gasteiger charge is 2.07. The molecule has 0 unspecified atom stereocenters. The molecule has 3 aromatic rings. The monoisotopic (exact) mass is 268 g/mol. The van der Waals surface area contributed by atoms with E-state index in [-0.39, 0.29) is 5.75 Å². The van der Waals surface area contributed by atoms with Crippen LogP contribution in [0.5, 0.6) is 5.75 Å². The summed E-state index contributed by atoms with van der Waals surface area (Å²) >= 11 is 0. The average Bonchev–Trinajstić information content (AvgIpc) is 2.82. The van der Waals surface area contributed by atoms with Gasteiger partial charge in [-0.25, -0.2) is 9.97 Å². The van der Waals surface area contributed by atoms with Gasteiger partial charge >= 0.3 is 0 Å². The number of phenolic OH excluding ortho intramolecular Hbond substituents is 1. The van der Waals surface area contributed by atoms with Crippen molar-refractivity contribution in [1.82, 2.24) is 15.0 Å². The number of hydrogen-bond acceptors (Lipinski definition) is 4. The predicted octanol–water partition coefficient (Wildman–Crippen LogP) is 2.32. The third-order valence-electron chi connectivity index (χ3n) is 3.15. The van der Waals surface area contributed by atoms with Crippen molar-refractivity contribution in [2.24, 2.45) is 0 Å². The number of anilines is 1. The normalized spacial score (nSPS) is 10.9. The minimum atomic E-state index is 0.274. The Bertz CT molecular complexity index is 731. The van der Waals surface area contributed by atoms with Crippen LogP contribution < -0.4 is 4.90 Å². The van der Waals surface area contributed by atoms with Crippen LogP contribution in [0.2, 0.25) is 0 Å². The Morgan fingerprint density at radius 1 is 1.05 bits per heavy atom. The van der Waals surface area contributed by atoms with Gasteiger partial charge in [0.05, 0.1) is 5.52 Å². The summed E-state index contributed by atoms with van der Waals surface area (Å²) in [5.74, 6) is 2.03. The third kappa shape index (κ3) is 2.42. The number of benzene rings is 1. The fourth-order valence-electron chi connectivity index (χ4n) is 2.07. The topological polar surface area (TPSA) is 65.0 Å². The first-order chi connectivity index (χ1) is 9.61. The molecule has 2 heterocycles. The third-order valence-corrected chi connectivity index (χ3v) is 3.15. The van der Waals surface area contributed by atoms with E-state index in [2.05, 4.69) is 15.0 Å². The van der Waals surface area contributed by atoms with Gasteiger partial charge in [-0.3, -0.25) is 0 Å². The summed E-state index contributed by atoms with van der Waals surface area (Å²) in [5, 5.41) is 9.28. The van der Waals surface area contributed by atoms with Gasteiger partial charge in [-0.2, -0.15) is 0 Å². The van der Waals surface area contributed by atoms with Crippen molar-refractivity contribution in [3.63, 3.8) is 0 Å². The van der Waals surface area contributed by atoms with E-state index in [4.69, 9.17) is 0 Å². The zero-order valence-corrected chi connectivity index (χ0v) is 11.5. The highest BCUT2D eigenvalue weighted by atomic mass is 16.3. The molecule has 5 heteroatoms. The maximum Gasteiger partial charge on any atom is 0.179 e. The lowest BCUT2D eigenvalue weighted by atomic mass is 10.1. The van der Waals surface area contributed by atoms with E-state index in [1.165, 1.54) is 0 Å². The first kappa shape index (κ1) is 12.5.